The van der Waals surface area contributed by atoms with Gasteiger partial charge in [-0.1, -0.05) is 0 Å². The molecule has 18 heavy (non-hydrogen) atoms. The Kier molecular flexibility index (Phi) is 6.75. The highest BCUT2D eigenvalue weighted by Crippen LogP contribution is 2.07. The van der Waals surface area contributed by atoms with Gasteiger partial charge < -0.3 is 10.6 Å². The number of hydrogen-bond acceptors (Lipinski definition) is 4. The molecular formula is C13H21N3OS. The van der Waals surface area contributed by atoms with Crippen LogP contribution in [0.5, 0.6) is 0 Å². The Balaban J connectivity index is 2.57. The van der Waals surface area contributed by atoms with Gasteiger partial charge in [-0.25, -0.2) is 0 Å². The molecule has 1 aromatic rings. The van der Waals surface area contributed by atoms with Crippen molar-refractivity contribution in [3.8, 4) is 0 Å². The summed E-state index contributed by atoms with van der Waals surface area (Å²) in [6.45, 7) is 3.25. The number of hydrogen-bond donors (Lipinski definition) is 1. The second-order valence-electron chi connectivity index (χ2n) is 4.10. The first-order chi connectivity index (χ1) is 8.69. The van der Waals surface area contributed by atoms with Gasteiger partial charge in [-0.05, 0) is 43.0 Å². The number of carbonyl (C=O) groups excluding carboxylic acids is 1. The lowest BCUT2D eigenvalue weighted by atomic mass is 10.2. The third kappa shape index (κ3) is 4.66. The van der Waals surface area contributed by atoms with Crippen LogP contribution in [0.3, 0.4) is 0 Å². The van der Waals surface area contributed by atoms with Gasteiger partial charge in [-0.15, -0.1) is 0 Å². The van der Waals surface area contributed by atoms with Crippen molar-refractivity contribution in [1.82, 2.24) is 9.88 Å². The molecule has 4 nitrogen and oxygen atoms in total. The molecule has 0 fully saturated rings. The molecule has 0 aliphatic heterocycles. The number of rotatable bonds is 7. The summed E-state index contributed by atoms with van der Waals surface area (Å²) >= 11 is 1.71. The second kappa shape index (κ2) is 8.11. The van der Waals surface area contributed by atoms with Crippen molar-refractivity contribution in [2.45, 2.75) is 25.9 Å². The maximum absolute atomic E-state index is 12.2. The Bertz CT molecular complexity index is 359. The minimum Gasteiger partial charge on any atom is -0.337 e. The highest BCUT2D eigenvalue weighted by Gasteiger charge is 2.19. The number of nitrogens with zero attached hydrogens (tertiary/aromatic N) is 2. The lowest BCUT2D eigenvalue weighted by Gasteiger charge is -2.24. The molecule has 0 saturated heterocycles. The van der Waals surface area contributed by atoms with Crippen molar-refractivity contribution in [1.29, 1.82) is 0 Å². The average Bonchev–Trinajstić information content (AvgIpc) is 2.42. The standard InChI is InChI=1S/C13H21N3OS/c1-3-16(10-11-4-7-15-8-5-11)13(17)12(14)6-9-18-2/h4-5,7-8,12H,3,6,9-10,14H2,1-2H3/t12-/m1/s1. The predicted octanol–water partition coefficient (Wildman–Crippen LogP) is 1.51. The van der Waals surface area contributed by atoms with Gasteiger partial charge in [0, 0.05) is 25.5 Å². The Morgan fingerprint density at radius 3 is 2.72 bits per heavy atom. The number of thioether (sulfide) groups is 1. The first-order valence-electron chi connectivity index (χ1n) is 6.11. The summed E-state index contributed by atoms with van der Waals surface area (Å²) in [4.78, 5) is 17.9. The van der Waals surface area contributed by atoms with E-state index in [1.165, 1.54) is 0 Å². The van der Waals surface area contributed by atoms with Crippen molar-refractivity contribution in [3.05, 3.63) is 30.1 Å². The molecular weight excluding hydrogens is 246 g/mol. The fraction of sp³-hybridized carbons (Fsp3) is 0.538. The third-order valence-corrected chi connectivity index (χ3v) is 3.41. The van der Waals surface area contributed by atoms with Gasteiger partial charge in [0.15, 0.2) is 0 Å². The van der Waals surface area contributed by atoms with Crippen molar-refractivity contribution >= 4 is 17.7 Å². The maximum Gasteiger partial charge on any atom is 0.239 e. The number of carbonyl (C=O) groups is 1. The number of amides is 1. The zero-order chi connectivity index (χ0) is 13.4. The first kappa shape index (κ1) is 15.0. The lowest BCUT2D eigenvalue weighted by molar-refractivity contribution is -0.133. The smallest absolute Gasteiger partial charge is 0.239 e. The van der Waals surface area contributed by atoms with E-state index in [9.17, 15) is 4.79 Å². The van der Waals surface area contributed by atoms with Crippen LogP contribution in [0, 0.1) is 0 Å². The highest BCUT2D eigenvalue weighted by molar-refractivity contribution is 7.98. The Hall–Kier alpha value is -1.07. The van der Waals surface area contributed by atoms with Crippen LogP contribution in [0.25, 0.3) is 0 Å². The number of nitrogens with two attached hydrogens (primary N) is 1. The summed E-state index contributed by atoms with van der Waals surface area (Å²) in [6, 6.07) is 3.45. The molecule has 0 aliphatic carbocycles. The molecule has 1 aromatic heterocycles. The summed E-state index contributed by atoms with van der Waals surface area (Å²) in [6.07, 6.45) is 6.22. The van der Waals surface area contributed by atoms with Crippen LogP contribution in [-0.4, -0.2) is 40.4 Å². The van der Waals surface area contributed by atoms with E-state index < -0.39 is 0 Å². The molecule has 1 atom stereocenters. The fourth-order valence-electron chi connectivity index (χ4n) is 1.66. The van der Waals surface area contributed by atoms with Crippen LogP contribution in [-0.2, 0) is 11.3 Å². The van der Waals surface area contributed by atoms with Crippen molar-refractivity contribution < 1.29 is 4.79 Å². The fourth-order valence-corrected chi connectivity index (χ4v) is 2.15. The van der Waals surface area contributed by atoms with Gasteiger partial charge in [0.25, 0.3) is 0 Å². The van der Waals surface area contributed by atoms with E-state index in [1.807, 2.05) is 25.3 Å². The van der Waals surface area contributed by atoms with Gasteiger partial charge in [0.05, 0.1) is 6.04 Å². The van der Waals surface area contributed by atoms with E-state index in [0.29, 0.717) is 13.1 Å². The Morgan fingerprint density at radius 2 is 2.17 bits per heavy atom. The summed E-state index contributed by atoms with van der Waals surface area (Å²) in [5.74, 6) is 0.947. The predicted molar refractivity (Wildman–Crippen MR) is 76.3 cm³/mol. The average molecular weight is 267 g/mol. The van der Waals surface area contributed by atoms with Crippen molar-refractivity contribution in [2.75, 3.05) is 18.6 Å². The molecule has 0 aromatic carbocycles. The maximum atomic E-state index is 12.2. The molecule has 0 unspecified atom stereocenters. The van der Waals surface area contributed by atoms with E-state index in [-0.39, 0.29) is 11.9 Å². The number of aromatic nitrogens is 1. The Labute approximate surface area is 113 Å². The van der Waals surface area contributed by atoms with Gasteiger partial charge in [-0.2, -0.15) is 11.8 Å². The minimum absolute atomic E-state index is 0.0309. The molecule has 0 radical (unpaired) electrons. The molecule has 0 saturated carbocycles. The van der Waals surface area contributed by atoms with E-state index >= 15 is 0 Å². The normalized spacial score (nSPS) is 12.2. The topological polar surface area (TPSA) is 59.2 Å². The van der Waals surface area contributed by atoms with Crippen molar-refractivity contribution in [3.63, 3.8) is 0 Å². The molecule has 1 amide bonds. The monoisotopic (exact) mass is 267 g/mol. The van der Waals surface area contributed by atoms with Crippen LogP contribution in [0.1, 0.15) is 18.9 Å². The second-order valence-corrected chi connectivity index (χ2v) is 5.08. The third-order valence-electron chi connectivity index (χ3n) is 2.77. The number of pyridine rings is 1. The van der Waals surface area contributed by atoms with E-state index in [1.54, 1.807) is 29.1 Å². The summed E-state index contributed by atoms with van der Waals surface area (Å²) < 4.78 is 0. The van der Waals surface area contributed by atoms with Crippen molar-refractivity contribution in [2.24, 2.45) is 5.73 Å². The molecule has 0 aliphatic rings. The first-order valence-corrected chi connectivity index (χ1v) is 7.50. The molecule has 2 N–H and O–H groups in total. The van der Waals surface area contributed by atoms with Crippen LogP contribution >= 0.6 is 11.8 Å². The lowest BCUT2D eigenvalue weighted by Crippen LogP contribution is -2.43. The molecule has 1 heterocycles. The van der Waals surface area contributed by atoms with Gasteiger partial charge >= 0.3 is 0 Å². The van der Waals surface area contributed by atoms with Crippen LogP contribution in [0.2, 0.25) is 0 Å². The quantitative estimate of drug-likeness (QED) is 0.813. The summed E-state index contributed by atoms with van der Waals surface area (Å²) in [5.41, 5.74) is 7.00. The van der Waals surface area contributed by atoms with Crippen LogP contribution in [0.15, 0.2) is 24.5 Å². The van der Waals surface area contributed by atoms with E-state index in [0.717, 1.165) is 17.7 Å². The van der Waals surface area contributed by atoms with Gasteiger partial charge in [0.1, 0.15) is 0 Å². The van der Waals surface area contributed by atoms with Crippen LogP contribution in [0.4, 0.5) is 0 Å². The minimum atomic E-state index is -0.390. The molecule has 5 heteroatoms. The van der Waals surface area contributed by atoms with E-state index in [4.69, 9.17) is 5.73 Å². The van der Waals surface area contributed by atoms with Gasteiger partial charge in [0.2, 0.25) is 5.91 Å². The SMILES string of the molecule is CCN(Cc1ccncc1)C(=O)[C@H](N)CCSC. The molecule has 0 spiro atoms. The zero-order valence-electron chi connectivity index (χ0n) is 11.0. The highest BCUT2D eigenvalue weighted by atomic mass is 32.2. The van der Waals surface area contributed by atoms with Gasteiger partial charge in [-0.3, -0.25) is 9.78 Å². The molecule has 100 valence electrons. The molecule has 0 bridgehead atoms. The molecule has 1 rings (SSSR count). The van der Waals surface area contributed by atoms with E-state index in [2.05, 4.69) is 4.98 Å². The van der Waals surface area contributed by atoms with Crippen LogP contribution < -0.4 is 5.73 Å². The Morgan fingerprint density at radius 1 is 1.50 bits per heavy atom. The largest absolute Gasteiger partial charge is 0.337 e. The summed E-state index contributed by atoms with van der Waals surface area (Å²) in [7, 11) is 0. The summed E-state index contributed by atoms with van der Waals surface area (Å²) in [5, 5.41) is 0. The zero-order valence-corrected chi connectivity index (χ0v) is 11.8. The number of likely N-dealkylation sites (N-methyl/N-ethyl adjacent to an activating group) is 1.